The third-order valence-corrected chi connectivity index (χ3v) is 5.82. The van der Waals surface area contributed by atoms with Gasteiger partial charge in [-0.15, -0.1) is 0 Å². The smallest absolute Gasteiger partial charge is 0.322 e. The van der Waals surface area contributed by atoms with Gasteiger partial charge < -0.3 is 20.3 Å². The molecule has 0 saturated carbocycles. The molecule has 4 aromatic rings. The Morgan fingerprint density at radius 1 is 0.972 bits per heavy atom. The molecule has 186 valence electrons. The molecule has 8 heteroatoms. The maximum atomic E-state index is 12.9. The van der Waals surface area contributed by atoms with Crippen LogP contribution in [0, 0.1) is 0 Å². The largest absolute Gasteiger partial charge is 0.497 e. The van der Waals surface area contributed by atoms with Crippen LogP contribution in [0.4, 0.5) is 16.3 Å². The van der Waals surface area contributed by atoms with E-state index in [0.717, 1.165) is 27.9 Å². The molecule has 1 aromatic heterocycles. The van der Waals surface area contributed by atoms with Crippen LogP contribution in [-0.4, -0.2) is 47.3 Å². The van der Waals surface area contributed by atoms with Crippen LogP contribution in [0.3, 0.4) is 0 Å². The molecule has 0 atom stereocenters. The third kappa shape index (κ3) is 5.49. The second-order valence-corrected chi connectivity index (χ2v) is 9.64. The van der Waals surface area contributed by atoms with Crippen LogP contribution in [0.25, 0.3) is 16.5 Å². The zero-order valence-corrected chi connectivity index (χ0v) is 21.2. The van der Waals surface area contributed by atoms with Crippen molar-refractivity contribution in [3.05, 3.63) is 78.5 Å². The third-order valence-electron chi connectivity index (χ3n) is 5.82. The molecular weight excluding hydrogens is 454 g/mol. The number of urea groups is 1. The summed E-state index contributed by atoms with van der Waals surface area (Å²) in [6.45, 7) is 6.05. The molecule has 0 unspecified atom stereocenters. The molecule has 0 aliphatic heterocycles. The number of benzene rings is 3. The number of aromatic nitrogens is 2. The van der Waals surface area contributed by atoms with Crippen molar-refractivity contribution >= 4 is 34.2 Å². The van der Waals surface area contributed by atoms with Crippen LogP contribution in [0.15, 0.2) is 72.8 Å². The van der Waals surface area contributed by atoms with Crippen LogP contribution >= 0.6 is 0 Å². The number of hydrogen-bond acceptors (Lipinski definition) is 4. The zero-order chi connectivity index (χ0) is 25.9. The molecule has 0 spiro atoms. The molecule has 2 N–H and O–H groups in total. The summed E-state index contributed by atoms with van der Waals surface area (Å²) < 4.78 is 6.94. The van der Waals surface area contributed by atoms with Crippen LogP contribution in [0.2, 0.25) is 0 Å². The summed E-state index contributed by atoms with van der Waals surface area (Å²) in [5.74, 6) is 0.921. The molecule has 36 heavy (non-hydrogen) atoms. The molecule has 8 nitrogen and oxygen atoms in total. The average Bonchev–Trinajstić information content (AvgIpc) is 3.28. The Morgan fingerprint density at radius 2 is 1.67 bits per heavy atom. The fourth-order valence-electron chi connectivity index (χ4n) is 3.77. The lowest BCUT2D eigenvalue weighted by Crippen LogP contribution is -2.38. The number of carbonyl (C=O) groups excluding carboxylic acids is 2. The SMILES string of the molecule is COc1ccc(-n2nc(C(C)(C)C)cc2NC(=O)CN(C)C(=O)Nc2cccc3ccccc23)cc1. The molecule has 3 aromatic carbocycles. The second-order valence-electron chi connectivity index (χ2n) is 9.64. The molecule has 0 saturated heterocycles. The van der Waals surface area contributed by atoms with Crippen LogP contribution in [-0.2, 0) is 10.2 Å². The van der Waals surface area contributed by atoms with E-state index in [0.29, 0.717) is 11.5 Å². The number of amides is 3. The molecule has 3 amide bonds. The van der Waals surface area contributed by atoms with Crippen molar-refractivity contribution in [1.82, 2.24) is 14.7 Å². The highest BCUT2D eigenvalue weighted by Gasteiger charge is 2.22. The number of ether oxygens (including phenoxy) is 1. The van der Waals surface area contributed by atoms with Crippen molar-refractivity contribution in [2.75, 3.05) is 31.3 Å². The topological polar surface area (TPSA) is 88.5 Å². The minimum Gasteiger partial charge on any atom is -0.497 e. The summed E-state index contributed by atoms with van der Waals surface area (Å²) in [5, 5.41) is 12.5. The van der Waals surface area contributed by atoms with E-state index >= 15 is 0 Å². The number of hydrogen-bond donors (Lipinski definition) is 2. The van der Waals surface area contributed by atoms with Crippen LogP contribution in [0.5, 0.6) is 5.75 Å². The van der Waals surface area contributed by atoms with E-state index in [4.69, 9.17) is 9.84 Å². The average molecular weight is 486 g/mol. The summed E-state index contributed by atoms with van der Waals surface area (Å²) in [4.78, 5) is 27.1. The Bertz CT molecular complexity index is 1380. The van der Waals surface area contributed by atoms with Crippen molar-refractivity contribution in [3.63, 3.8) is 0 Å². The van der Waals surface area contributed by atoms with E-state index in [1.54, 1.807) is 18.8 Å². The minimum absolute atomic E-state index is 0.130. The van der Waals surface area contributed by atoms with Gasteiger partial charge in [0, 0.05) is 23.9 Å². The van der Waals surface area contributed by atoms with Gasteiger partial charge in [0.2, 0.25) is 5.91 Å². The summed E-state index contributed by atoms with van der Waals surface area (Å²) in [6.07, 6.45) is 0. The molecule has 0 aliphatic rings. The van der Waals surface area contributed by atoms with Gasteiger partial charge in [0.05, 0.1) is 24.2 Å². The maximum Gasteiger partial charge on any atom is 0.322 e. The Balaban J connectivity index is 1.49. The van der Waals surface area contributed by atoms with Gasteiger partial charge in [0.25, 0.3) is 0 Å². The fraction of sp³-hybridized carbons (Fsp3) is 0.250. The molecule has 4 rings (SSSR count). The van der Waals surface area contributed by atoms with Gasteiger partial charge in [-0.2, -0.15) is 5.10 Å². The first-order valence-electron chi connectivity index (χ1n) is 11.7. The number of carbonyl (C=O) groups is 2. The molecule has 0 aliphatic carbocycles. The lowest BCUT2D eigenvalue weighted by atomic mass is 9.92. The van der Waals surface area contributed by atoms with Gasteiger partial charge in [-0.1, -0.05) is 57.2 Å². The van der Waals surface area contributed by atoms with Gasteiger partial charge in [-0.05, 0) is 35.7 Å². The lowest BCUT2D eigenvalue weighted by Gasteiger charge is -2.18. The number of fused-ring (bicyclic) bond motifs is 1. The first-order valence-corrected chi connectivity index (χ1v) is 11.7. The molecule has 0 fully saturated rings. The standard InChI is InChI=1S/C28H31N5O3/c1-28(2,3)24-17-25(33(31-24)20-13-15-21(36-5)16-14-20)30-26(34)18-32(4)27(35)29-23-12-8-10-19-9-6-7-11-22(19)23/h6-17H,18H2,1-5H3,(H,29,35)(H,30,34). The van der Waals surface area contributed by atoms with Gasteiger partial charge in [0.15, 0.2) is 0 Å². The fourth-order valence-corrected chi connectivity index (χ4v) is 3.77. The number of methoxy groups -OCH3 is 1. The van der Waals surface area contributed by atoms with E-state index in [2.05, 4.69) is 31.4 Å². The predicted octanol–water partition coefficient (Wildman–Crippen LogP) is 5.43. The highest BCUT2D eigenvalue weighted by molar-refractivity contribution is 6.02. The van der Waals surface area contributed by atoms with Crippen LogP contribution < -0.4 is 15.4 Å². The number of likely N-dealkylation sites (N-methyl/N-ethyl adjacent to an activating group) is 1. The number of rotatable bonds is 6. The number of nitrogens with one attached hydrogen (secondary N) is 2. The monoisotopic (exact) mass is 485 g/mol. The zero-order valence-electron chi connectivity index (χ0n) is 21.2. The molecular formula is C28H31N5O3. The Kier molecular flexibility index (Phi) is 6.96. The van der Waals surface area contributed by atoms with E-state index in [9.17, 15) is 9.59 Å². The van der Waals surface area contributed by atoms with Crippen molar-refractivity contribution in [2.24, 2.45) is 0 Å². The normalized spacial score (nSPS) is 11.2. The maximum absolute atomic E-state index is 12.9. The van der Waals surface area contributed by atoms with Crippen molar-refractivity contribution in [3.8, 4) is 11.4 Å². The molecule has 1 heterocycles. The summed E-state index contributed by atoms with van der Waals surface area (Å²) >= 11 is 0. The minimum atomic E-state index is -0.374. The van der Waals surface area contributed by atoms with E-state index in [-0.39, 0.29) is 23.9 Å². The number of nitrogens with zero attached hydrogens (tertiary/aromatic N) is 3. The van der Waals surface area contributed by atoms with Gasteiger partial charge in [0.1, 0.15) is 18.1 Å². The molecule has 0 radical (unpaired) electrons. The summed E-state index contributed by atoms with van der Waals surface area (Å²) in [5.41, 5.74) is 2.09. The summed E-state index contributed by atoms with van der Waals surface area (Å²) in [7, 11) is 3.20. The first-order chi connectivity index (χ1) is 17.2. The van der Waals surface area contributed by atoms with Crippen molar-refractivity contribution in [1.29, 1.82) is 0 Å². The summed E-state index contributed by atoms with van der Waals surface area (Å²) in [6, 6.07) is 22.4. The molecule has 0 bridgehead atoms. The first kappa shape index (κ1) is 24.8. The highest BCUT2D eigenvalue weighted by atomic mass is 16.5. The van der Waals surface area contributed by atoms with E-state index < -0.39 is 0 Å². The second kappa shape index (κ2) is 10.1. The van der Waals surface area contributed by atoms with Crippen LogP contribution in [0.1, 0.15) is 26.5 Å². The quantitative estimate of drug-likeness (QED) is 0.381. The van der Waals surface area contributed by atoms with E-state index in [1.807, 2.05) is 72.8 Å². The van der Waals surface area contributed by atoms with Gasteiger partial charge in [-0.25, -0.2) is 9.48 Å². The number of anilines is 2. The van der Waals surface area contributed by atoms with Gasteiger partial charge >= 0.3 is 6.03 Å². The van der Waals surface area contributed by atoms with E-state index in [1.165, 1.54) is 4.90 Å². The predicted molar refractivity (Wildman–Crippen MR) is 143 cm³/mol. The Hall–Kier alpha value is -4.33. The van der Waals surface area contributed by atoms with Gasteiger partial charge in [-0.3, -0.25) is 4.79 Å². The van der Waals surface area contributed by atoms with Crippen molar-refractivity contribution in [2.45, 2.75) is 26.2 Å². The van der Waals surface area contributed by atoms with Crippen molar-refractivity contribution < 1.29 is 14.3 Å². The Labute approximate surface area is 210 Å². The Morgan fingerprint density at radius 3 is 2.36 bits per heavy atom. The highest BCUT2D eigenvalue weighted by Crippen LogP contribution is 2.27. The lowest BCUT2D eigenvalue weighted by molar-refractivity contribution is -0.116.